The Morgan fingerprint density at radius 3 is 2.53 bits per heavy atom. The van der Waals surface area contributed by atoms with Gasteiger partial charge >= 0.3 is 0 Å². The van der Waals surface area contributed by atoms with Crippen LogP contribution in [-0.4, -0.2) is 4.98 Å². The van der Waals surface area contributed by atoms with Crippen LogP contribution in [0.4, 0.5) is 5.69 Å². The zero-order valence-electron chi connectivity index (χ0n) is 9.08. The Labute approximate surface area is 113 Å². The second kappa shape index (κ2) is 7.76. The summed E-state index contributed by atoms with van der Waals surface area (Å²) in [5, 5.41) is 0. The highest BCUT2D eigenvalue weighted by atomic mass is 35.5. The van der Waals surface area contributed by atoms with Crippen LogP contribution in [-0.2, 0) is 6.61 Å². The van der Waals surface area contributed by atoms with E-state index in [1.165, 1.54) is 0 Å². The fraction of sp³-hybridized carbons (Fsp3) is 0.0833. The van der Waals surface area contributed by atoms with Crippen LogP contribution in [0, 0.1) is 0 Å². The summed E-state index contributed by atoms with van der Waals surface area (Å²) in [6, 6.07) is 13.1. The van der Waals surface area contributed by atoms with E-state index in [9.17, 15) is 0 Å². The average molecular weight is 273 g/mol. The van der Waals surface area contributed by atoms with Gasteiger partial charge < -0.3 is 10.5 Å². The van der Waals surface area contributed by atoms with Crippen molar-refractivity contribution in [3.05, 3.63) is 54.4 Å². The van der Waals surface area contributed by atoms with E-state index in [2.05, 4.69) is 4.98 Å². The summed E-state index contributed by atoms with van der Waals surface area (Å²) in [4.78, 5) is 4.16. The minimum atomic E-state index is 0. The normalized spacial score (nSPS) is 8.71. The molecule has 0 saturated heterocycles. The number of nitrogens with two attached hydrogens (primary N) is 1. The third-order valence-electron chi connectivity index (χ3n) is 1.97. The van der Waals surface area contributed by atoms with E-state index in [4.69, 9.17) is 10.5 Å². The number of nitrogen functional groups attached to an aromatic ring is 1. The SMILES string of the molecule is Cl.Cl.Nc1cccc(OCc2ccccn2)c1. The lowest BCUT2D eigenvalue weighted by molar-refractivity contribution is 0.301. The summed E-state index contributed by atoms with van der Waals surface area (Å²) < 4.78 is 5.53. The summed E-state index contributed by atoms with van der Waals surface area (Å²) in [5.74, 6) is 0.764. The highest BCUT2D eigenvalue weighted by molar-refractivity contribution is 5.85. The lowest BCUT2D eigenvalue weighted by atomic mass is 10.3. The molecule has 0 aliphatic carbocycles. The molecule has 0 spiro atoms. The molecule has 2 rings (SSSR count). The van der Waals surface area contributed by atoms with Crippen LogP contribution < -0.4 is 10.5 Å². The van der Waals surface area contributed by atoms with E-state index < -0.39 is 0 Å². The first-order valence-electron chi connectivity index (χ1n) is 4.73. The molecular formula is C12H14Cl2N2O. The molecule has 2 aromatic rings. The molecule has 2 N–H and O–H groups in total. The molecule has 1 aromatic heterocycles. The maximum Gasteiger partial charge on any atom is 0.130 e. The molecule has 0 bridgehead atoms. The molecule has 0 aliphatic heterocycles. The average Bonchev–Trinajstić information content (AvgIpc) is 2.28. The number of nitrogens with zero attached hydrogens (tertiary/aromatic N) is 1. The van der Waals surface area contributed by atoms with Crippen molar-refractivity contribution in [3.63, 3.8) is 0 Å². The molecule has 0 saturated carbocycles. The van der Waals surface area contributed by atoms with Crippen molar-refractivity contribution in [2.45, 2.75) is 6.61 Å². The van der Waals surface area contributed by atoms with Gasteiger partial charge in [-0.05, 0) is 24.3 Å². The summed E-state index contributed by atoms with van der Waals surface area (Å²) >= 11 is 0. The van der Waals surface area contributed by atoms with Crippen molar-refractivity contribution < 1.29 is 4.74 Å². The summed E-state index contributed by atoms with van der Waals surface area (Å²) in [6.45, 7) is 0.463. The number of hydrogen-bond acceptors (Lipinski definition) is 3. The number of benzene rings is 1. The van der Waals surface area contributed by atoms with Crippen molar-refractivity contribution in [1.82, 2.24) is 4.98 Å². The van der Waals surface area contributed by atoms with E-state index in [0.29, 0.717) is 12.3 Å². The maximum absolute atomic E-state index is 5.63. The quantitative estimate of drug-likeness (QED) is 0.874. The lowest BCUT2D eigenvalue weighted by Gasteiger charge is -2.05. The largest absolute Gasteiger partial charge is 0.487 e. The fourth-order valence-corrected chi connectivity index (χ4v) is 1.25. The van der Waals surface area contributed by atoms with E-state index >= 15 is 0 Å². The number of aromatic nitrogens is 1. The minimum absolute atomic E-state index is 0. The lowest BCUT2D eigenvalue weighted by Crippen LogP contribution is -1.97. The molecule has 0 radical (unpaired) electrons. The fourth-order valence-electron chi connectivity index (χ4n) is 1.25. The van der Waals surface area contributed by atoms with Crippen LogP contribution >= 0.6 is 24.8 Å². The van der Waals surface area contributed by atoms with Gasteiger partial charge in [0.2, 0.25) is 0 Å². The van der Waals surface area contributed by atoms with Gasteiger partial charge in [0.25, 0.3) is 0 Å². The second-order valence-electron chi connectivity index (χ2n) is 3.18. The van der Waals surface area contributed by atoms with Gasteiger partial charge in [-0.2, -0.15) is 0 Å². The predicted octanol–water partition coefficient (Wildman–Crippen LogP) is 3.09. The Morgan fingerprint density at radius 1 is 1.06 bits per heavy atom. The monoisotopic (exact) mass is 272 g/mol. The Balaban J connectivity index is 0.00000128. The number of pyridine rings is 1. The van der Waals surface area contributed by atoms with Crippen LogP contribution in [0.2, 0.25) is 0 Å². The molecule has 5 heteroatoms. The van der Waals surface area contributed by atoms with Crippen molar-refractivity contribution in [1.29, 1.82) is 0 Å². The van der Waals surface area contributed by atoms with Gasteiger partial charge in [0.05, 0.1) is 5.69 Å². The first kappa shape index (κ1) is 15.6. The number of halogens is 2. The Bertz CT molecular complexity index is 438. The van der Waals surface area contributed by atoms with Crippen molar-refractivity contribution in [3.8, 4) is 5.75 Å². The van der Waals surface area contributed by atoms with Crippen LogP contribution in [0.25, 0.3) is 0 Å². The molecule has 17 heavy (non-hydrogen) atoms. The standard InChI is InChI=1S/C12H12N2O.2ClH/c13-10-4-3-6-12(8-10)15-9-11-5-1-2-7-14-11;;/h1-8H,9,13H2;2*1H. The third kappa shape index (κ3) is 4.93. The van der Waals surface area contributed by atoms with E-state index in [0.717, 1.165) is 11.4 Å². The Morgan fingerprint density at radius 2 is 1.88 bits per heavy atom. The van der Waals surface area contributed by atoms with Crippen LogP contribution in [0.5, 0.6) is 5.75 Å². The molecule has 0 amide bonds. The van der Waals surface area contributed by atoms with Crippen LogP contribution in [0.15, 0.2) is 48.7 Å². The maximum atomic E-state index is 5.63. The minimum Gasteiger partial charge on any atom is -0.487 e. The summed E-state index contributed by atoms with van der Waals surface area (Å²) in [5.41, 5.74) is 7.24. The number of anilines is 1. The van der Waals surface area contributed by atoms with Crippen LogP contribution in [0.3, 0.4) is 0 Å². The molecular weight excluding hydrogens is 259 g/mol. The van der Waals surface area contributed by atoms with Gasteiger partial charge in [0, 0.05) is 18.0 Å². The molecule has 1 heterocycles. The van der Waals surface area contributed by atoms with E-state index in [-0.39, 0.29) is 24.8 Å². The van der Waals surface area contributed by atoms with Gasteiger partial charge in [-0.25, -0.2) is 0 Å². The van der Waals surface area contributed by atoms with Crippen molar-refractivity contribution in [2.75, 3.05) is 5.73 Å². The second-order valence-corrected chi connectivity index (χ2v) is 3.18. The summed E-state index contributed by atoms with van der Waals surface area (Å²) in [6.07, 6.45) is 1.75. The Hall–Kier alpha value is -1.45. The van der Waals surface area contributed by atoms with Crippen LogP contribution in [0.1, 0.15) is 5.69 Å². The highest BCUT2D eigenvalue weighted by Crippen LogP contribution is 2.15. The zero-order chi connectivity index (χ0) is 10.5. The first-order chi connectivity index (χ1) is 7.34. The number of hydrogen-bond donors (Lipinski definition) is 1. The van der Waals surface area contributed by atoms with Gasteiger partial charge in [-0.1, -0.05) is 12.1 Å². The van der Waals surface area contributed by atoms with Gasteiger partial charge in [0.1, 0.15) is 12.4 Å². The number of rotatable bonds is 3. The molecule has 3 nitrogen and oxygen atoms in total. The van der Waals surface area contributed by atoms with Gasteiger partial charge in [-0.15, -0.1) is 24.8 Å². The summed E-state index contributed by atoms with van der Waals surface area (Å²) in [7, 11) is 0. The zero-order valence-corrected chi connectivity index (χ0v) is 10.7. The van der Waals surface area contributed by atoms with E-state index in [1.54, 1.807) is 12.3 Å². The van der Waals surface area contributed by atoms with E-state index in [1.807, 2.05) is 36.4 Å². The molecule has 92 valence electrons. The third-order valence-corrected chi connectivity index (χ3v) is 1.97. The molecule has 0 atom stereocenters. The molecule has 0 unspecified atom stereocenters. The van der Waals surface area contributed by atoms with Gasteiger partial charge in [0.15, 0.2) is 0 Å². The smallest absolute Gasteiger partial charge is 0.130 e. The molecule has 0 fully saturated rings. The Kier molecular flexibility index (Phi) is 7.10. The first-order valence-corrected chi connectivity index (χ1v) is 4.73. The number of ether oxygens (including phenoxy) is 1. The predicted molar refractivity (Wildman–Crippen MR) is 73.9 cm³/mol. The topological polar surface area (TPSA) is 48.1 Å². The van der Waals surface area contributed by atoms with Crippen molar-refractivity contribution in [2.24, 2.45) is 0 Å². The highest BCUT2D eigenvalue weighted by Gasteiger charge is 1.96. The molecule has 1 aromatic carbocycles. The van der Waals surface area contributed by atoms with Gasteiger partial charge in [-0.3, -0.25) is 4.98 Å². The van der Waals surface area contributed by atoms with Crippen molar-refractivity contribution >= 4 is 30.5 Å². The molecule has 0 aliphatic rings.